The molecule has 3 aromatic rings. The number of hydrogen-bond donors (Lipinski definition) is 1. The van der Waals surface area contributed by atoms with E-state index in [1.165, 1.54) is 0 Å². The highest BCUT2D eigenvalue weighted by Gasteiger charge is 2.28. The number of esters is 1. The van der Waals surface area contributed by atoms with Crippen LogP contribution in [0.25, 0.3) is 5.65 Å². The van der Waals surface area contributed by atoms with Gasteiger partial charge in [0.15, 0.2) is 0 Å². The number of pyridine rings is 1. The van der Waals surface area contributed by atoms with E-state index in [0.717, 1.165) is 17.8 Å². The maximum absolute atomic E-state index is 12.7. The van der Waals surface area contributed by atoms with E-state index in [4.69, 9.17) is 9.47 Å². The molecule has 0 aliphatic carbocycles. The van der Waals surface area contributed by atoms with Gasteiger partial charge < -0.3 is 19.2 Å². The Labute approximate surface area is 168 Å². The number of fused-ring (bicyclic) bond motifs is 1. The molecular formula is C22H23N3O4. The van der Waals surface area contributed by atoms with Gasteiger partial charge in [-0.3, -0.25) is 4.79 Å². The lowest BCUT2D eigenvalue weighted by Gasteiger charge is -2.27. The molecule has 1 fully saturated rings. The number of aromatic nitrogens is 2. The zero-order valence-corrected chi connectivity index (χ0v) is 16.2. The lowest BCUT2D eigenvalue weighted by atomic mass is 9.92. The Bertz CT molecular complexity index is 997. The highest BCUT2D eigenvalue weighted by atomic mass is 16.5. The Balaban J connectivity index is 1.43. The van der Waals surface area contributed by atoms with Crippen LogP contribution in [0.1, 0.15) is 35.8 Å². The molecule has 0 bridgehead atoms. The fraction of sp³-hybridized carbons (Fsp3) is 0.318. The van der Waals surface area contributed by atoms with E-state index in [0.29, 0.717) is 24.3 Å². The Hall–Kier alpha value is -3.35. The van der Waals surface area contributed by atoms with Gasteiger partial charge in [0.05, 0.1) is 5.69 Å². The minimum atomic E-state index is -0.450. The fourth-order valence-corrected chi connectivity index (χ4v) is 3.51. The van der Waals surface area contributed by atoms with Crippen LogP contribution in [0.2, 0.25) is 0 Å². The number of piperidine rings is 1. The zero-order valence-electron chi connectivity index (χ0n) is 16.2. The molecule has 1 amide bonds. The summed E-state index contributed by atoms with van der Waals surface area (Å²) >= 11 is 0. The van der Waals surface area contributed by atoms with Crippen LogP contribution in [0.5, 0.6) is 5.75 Å². The molecule has 29 heavy (non-hydrogen) atoms. The van der Waals surface area contributed by atoms with Crippen LogP contribution in [0, 0.1) is 5.92 Å². The summed E-state index contributed by atoms with van der Waals surface area (Å²) in [7, 11) is 0. The van der Waals surface area contributed by atoms with Crippen LogP contribution in [0.4, 0.5) is 0 Å². The van der Waals surface area contributed by atoms with Crippen molar-refractivity contribution >= 4 is 17.5 Å². The molecule has 1 N–H and O–H groups in total. The molecule has 7 heteroatoms. The van der Waals surface area contributed by atoms with Crippen molar-refractivity contribution in [2.45, 2.75) is 32.5 Å². The largest absolute Gasteiger partial charge is 0.486 e. The summed E-state index contributed by atoms with van der Waals surface area (Å²) in [5.74, 6) is 0.0244. The van der Waals surface area contributed by atoms with Crippen molar-refractivity contribution in [3.05, 3.63) is 66.1 Å². The molecule has 4 rings (SSSR count). The van der Waals surface area contributed by atoms with Gasteiger partial charge in [-0.2, -0.15) is 0 Å². The summed E-state index contributed by atoms with van der Waals surface area (Å²) in [6.45, 7) is 2.69. The summed E-state index contributed by atoms with van der Waals surface area (Å²) in [6, 6.07) is 12.8. The summed E-state index contributed by atoms with van der Waals surface area (Å²) in [4.78, 5) is 28.8. The van der Waals surface area contributed by atoms with E-state index >= 15 is 0 Å². The molecule has 7 nitrogen and oxygen atoms in total. The van der Waals surface area contributed by atoms with E-state index in [1.807, 2.05) is 48.0 Å². The third-order valence-corrected chi connectivity index (χ3v) is 5.14. The Morgan fingerprint density at radius 2 is 2.10 bits per heavy atom. The van der Waals surface area contributed by atoms with Gasteiger partial charge in [-0.15, -0.1) is 0 Å². The molecule has 2 atom stereocenters. The third kappa shape index (κ3) is 4.39. The monoisotopic (exact) mass is 393 g/mol. The van der Waals surface area contributed by atoms with Gasteiger partial charge in [0.25, 0.3) is 0 Å². The van der Waals surface area contributed by atoms with Crippen molar-refractivity contribution in [2.75, 3.05) is 6.54 Å². The van der Waals surface area contributed by atoms with Crippen LogP contribution in [0.15, 0.2) is 54.9 Å². The van der Waals surface area contributed by atoms with Crippen LogP contribution in [-0.4, -0.2) is 33.9 Å². The van der Waals surface area contributed by atoms with Gasteiger partial charge in [-0.1, -0.05) is 18.2 Å². The first-order chi connectivity index (χ1) is 14.1. The van der Waals surface area contributed by atoms with E-state index in [1.54, 1.807) is 18.2 Å². The third-order valence-electron chi connectivity index (χ3n) is 5.14. The van der Waals surface area contributed by atoms with E-state index < -0.39 is 5.97 Å². The fourth-order valence-electron chi connectivity index (χ4n) is 3.51. The number of hydrogen-bond acceptors (Lipinski definition) is 5. The molecule has 150 valence electrons. The number of nitrogens with zero attached hydrogens (tertiary/aromatic N) is 2. The summed E-state index contributed by atoms with van der Waals surface area (Å²) in [5, 5.41) is 2.80. The number of rotatable bonds is 6. The van der Waals surface area contributed by atoms with Crippen LogP contribution in [-0.2, 0) is 16.1 Å². The highest BCUT2D eigenvalue weighted by Crippen LogP contribution is 2.24. The van der Waals surface area contributed by atoms with Crippen molar-refractivity contribution in [1.29, 1.82) is 0 Å². The van der Waals surface area contributed by atoms with E-state index in [-0.39, 0.29) is 24.5 Å². The Kier molecular flexibility index (Phi) is 5.46. The summed E-state index contributed by atoms with van der Waals surface area (Å²) < 4.78 is 13.4. The van der Waals surface area contributed by atoms with Crippen molar-refractivity contribution in [1.82, 2.24) is 14.7 Å². The molecular weight excluding hydrogens is 370 g/mol. The highest BCUT2D eigenvalue weighted by molar-refractivity contribution is 5.92. The molecule has 1 aliphatic rings. The van der Waals surface area contributed by atoms with Crippen molar-refractivity contribution < 1.29 is 19.1 Å². The van der Waals surface area contributed by atoms with Gasteiger partial charge in [-0.05, 0) is 37.6 Å². The van der Waals surface area contributed by atoms with Crippen LogP contribution in [0.3, 0.4) is 0 Å². The van der Waals surface area contributed by atoms with Gasteiger partial charge in [0, 0.05) is 31.3 Å². The van der Waals surface area contributed by atoms with Crippen molar-refractivity contribution in [3.8, 4) is 5.75 Å². The minimum Gasteiger partial charge on any atom is -0.486 e. The predicted molar refractivity (Wildman–Crippen MR) is 107 cm³/mol. The van der Waals surface area contributed by atoms with Gasteiger partial charge in [-0.25, -0.2) is 9.78 Å². The molecule has 3 heterocycles. The second-order valence-electron chi connectivity index (χ2n) is 7.20. The Morgan fingerprint density at radius 1 is 1.28 bits per heavy atom. The quantitative estimate of drug-likeness (QED) is 0.651. The lowest BCUT2D eigenvalue weighted by molar-refractivity contribution is -0.124. The topological polar surface area (TPSA) is 81.9 Å². The predicted octanol–water partition coefficient (Wildman–Crippen LogP) is 2.98. The number of para-hydroxylation sites is 1. The van der Waals surface area contributed by atoms with E-state index in [9.17, 15) is 9.59 Å². The van der Waals surface area contributed by atoms with Crippen LogP contribution >= 0.6 is 0 Å². The maximum atomic E-state index is 12.7. The standard InChI is InChI=1S/C22H23N3O4/c1-15(16-9-10-23-21(26)12-16)29-22(27)18-6-2-3-7-19(18)28-14-17-13-25-11-5-4-8-20(25)24-17/h2-8,11,13,15-16H,9-10,12,14H2,1H3,(H,23,26). The number of carbonyl (C=O) groups is 2. The molecule has 0 spiro atoms. The minimum absolute atomic E-state index is 0.000312. The van der Waals surface area contributed by atoms with Gasteiger partial charge in [0.1, 0.15) is 29.7 Å². The van der Waals surface area contributed by atoms with Gasteiger partial charge >= 0.3 is 5.97 Å². The maximum Gasteiger partial charge on any atom is 0.342 e. The second-order valence-corrected chi connectivity index (χ2v) is 7.20. The lowest BCUT2D eigenvalue weighted by Crippen LogP contribution is -2.38. The molecule has 1 saturated heterocycles. The van der Waals surface area contributed by atoms with Crippen LogP contribution < -0.4 is 10.1 Å². The number of nitrogens with one attached hydrogen (secondary N) is 1. The SMILES string of the molecule is CC(OC(=O)c1ccccc1OCc1cn2ccccc2n1)C1CCNC(=O)C1. The molecule has 1 aromatic carbocycles. The molecule has 1 aliphatic heterocycles. The average molecular weight is 393 g/mol. The Morgan fingerprint density at radius 3 is 2.93 bits per heavy atom. The second kappa shape index (κ2) is 8.34. The van der Waals surface area contributed by atoms with Crippen molar-refractivity contribution in [3.63, 3.8) is 0 Å². The number of carbonyl (C=O) groups excluding carboxylic acids is 2. The van der Waals surface area contributed by atoms with Crippen molar-refractivity contribution in [2.24, 2.45) is 5.92 Å². The smallest absolute Gasteiger partial charge is 0.342 e. The van der Waals surface area contributed by atoms with Gasteiger partial charge in [0.2, 0.25) is 5.91 Å². The normalized spacial score (nSPS) is 17.6. The molecule has 2 unspecified atom stereocenters. The summed E-state index contributed by atoms with van der Waals surface area (Å²) in [5.41, 5.74) is 1.97. The first-order valence-electron chi connectivity index (χ1n) is 9.72. The molecule has 0 radical (unpaired) electrons. The first kappa shape index (κ1) is 19.0. The molecule has 2 aromatic heterocycles. The summed E-state index contributed by atoms with van der Waals surface area (Å²) in [6.07, 6.45) is 4.64. The first-order valence-corrected chi connectivity index (χ1v) is 9.72. The average Bonchev–Trinajstić information content (AvgIpc) is 3.15. The number of imidazole rings is 1. The zero-order chi connectivity index (χ0) is 20.2. The molecule has 0 saturated carbocycles. The number of ether oxygens (including phenoxy) is 2. The number of benzene rings is 1. The number of amides is 1. The van der Waals surface area contributed by atoms with E-state index in [2.05, 4.69) is 10.3 Å².